The smallest absolute Gasteiger partial charge is 0.339 e. The maximum Gasteiger partial charge on any atom is 0.339 e. The zero-order valence-electron chi connectivity index (χ0n) is 18.0. The number of fused-ring (bicyclic) bond motifs is 1. The highest BCUT2D eigenvalue weighted by Crippen LogP contribution is 2.22. The average Bonchev–Trinajstić information content (AvgIpc) is 3.25. The Kier molecular flexibility index (Phi) is 6.60. The summed E-state index contributed by atoms with van der Waals surface area (Å²) in [6.45, 7) is 1.24. The number of hydrogen-bond acceptors (Lipinski definition) is 6. The highest BCUT2D eigenvalue weighted by atomic mass is 32.2. The summed E-state index contributed by atoms with van der Waals surface area (Å²) in [6, 6.07) is 20.3. The number of nitro benzene ring substituents is 1. The van der Waals surface area contributed by atoms with Gasteiger partial charge in [-0.15, -0.1) is 0 Å². The van der Waals surface area contributed by atoms with Gasteiger partial charge in [-0.25, -0.2) is 0 Å². The first kappa shape index (κ1) is 23.0. The van der Waals surface area contributed by atoms with Gasteiger partial charge in [0.05, 0.1) is 4.92 Å². The van der Waals surface area contributed by atoms with Crippen LogP contribution in [0.15, 0.2) is 90.0 Å². The van der Waals surface area contributed by atoms with Gasteiger partial charge in [-0.2, -0.15) is 8.42 Å². The fourth-order valence-corrected chi connectivity index (χ4v) is 4.45. The van der Waals surface area contributed by atoms with E-state index in [0.29, 0.717) is 12.1 Å². The van der Waals surface area contributed by atoms with Crippen LogP contribution in [0.2, 0.25) is 0 Å². The number of nitrogens with one attached hydrogen (secondary N) is 1. The first-order valence-electron chi connectivity index (χ1n) is 10.4. The fraction of sp³-hybridized carbons (Fsp3) is 0.125. The Labute approximate surface area is 195 Å². The van der Waals surface area contributed by atoms with Crippen LogP contribution in [0.4, 0.5) is 5.69 Å². The summed E-state index contributed by atoms with van der Waals surface area (Å²) in [5.41, 5.74) is 1.14. The van der Waals surface area contributed by atoms with Gasteiger partial charge in [-0.3, -0.25) is 14.9 Å². The van der Waals surface area contributed by atoms with Crippen molar-refractivity contribution in [2.24, 2.45) is 0 Å². The molecule has 0 radical (unpaired) electrons. The lowest BCUT2D eigenvalue weighted by Gasteiger charge is -2.09. The summed E-state index contributed by atoms with van der Waals surface area (Å²) >= 11 is 0. The minimum Gasteiger partial charge on any atom is -0.379 e. The van der Waals surface area contributed by atoms with Crippen molar-refractivity contribution in [2.45, 2.75) is 17.9 Å². The van der Waals surface area contributed by atoms with Crippen LogP contribution in [-0.4, -0.2) is 30.4 Å². The van der Waals surface area contributed by atoms with Crippen LogP contribution in [0.3, 0.4) is 0 Å². The number of aromatic nitrogens is 1. The first-order chi connectivity index (χ1) is 16.3. The van der Waals surface area contributed by atoms with Crippen molar-refractivity contribution < 1.29 is 22.3 Å². The van der Waals surface area contributed by atoms with Gasteiger partial charge >= 0.3 is 10.1 Å². The maximum atomic E-state index is 12.4. The minimum absolute atomic E-state index is 0.0115. The molecule has 0 atom stereocenters. The Bertz CT molecular complexity index is 1450. The lowest BCUT2D eigenvalue weighted by Crippen LogP contribution is -2.25. The highest BCUT2D eigenvalue weighted by molar-refractivity contribution is 7.87. The van der Waals surface area contributed by atoms with Crippen molar-refractivity contribution >= 4 is 32.6 Å². The highest BCUT2D eigenvalue weighted by Gasteiger charge is 2.20. The molecule has 4 aromatic rings. The van der Waals surface area contributed by atoms with E-state index >= 15 is 0 Å². The Balaban J connectivity index is 1.31. The van der Waals surface area contributed by atoms with Gasteiger partial charge in [0, 0.05) is 42.5 Å². The molecule has 1 aromatic heterocycles. The van der Waals surface area contributed by atoms with E-state index in [1.807, 2.05) is 18.3 Å². The number of nitro groups is 1. The topological polar surface area (TPSA) is 121 Å². The zero-order chi connectivity index (χ0) is 24.1. The minimum atomic E-state index is -4.26. The van der Waals surface area contributed by atoms with E-state index in [-0.39, 0.29) is 22.2 Å². The van der Waals surface area contributed by atoms with Gasteiger partial charge in [-0.05, 0) is 54.3 Å². The molecule has 1 N–H and O–H groups in total. The van der Waals surface area contributed by atoms with Crippen molar-refractivity contribution in [3.8, 4) is 5.75 Å². The third-order valence-electron chi connectivity index (χ3n) is 5.18. The number of benzene rings is 3. The van der Waals surface area contributed by atoms with E-state index in [4.69, 9.17) is 4.18 Å². The molecule has 3 aromatic carbocycles. The molecule has 9 nitrogen and oxygen atoms in total. The average molecular weight is 480 g/mol. The maximum absolute atomic E-state index is 12.4. The van der Waals surface area contributed by atoms with Crippen molar-refractivity contribution in [2.75, 3.05) is 6.54 Å². The number of carbonyl (C=O) groups excluding carboxylic acids is 1. The lowest BCUT2D eigenvalue weighted by molar-refractivity contribution is -0.385. The summed E-state index contributed by atoms with van der Waals surface area (Å²) in [5, 5.41) is 14.9. The molecule has 0 aliphatic carbocycles. The number of non-ortho nitro benzene ring substituents is 1. The number of aryl methyl sites for hydroxylation is 1. The second kappa shape index (κ2) is 9.75. The molecule has 10 heteroatoms. The van der Waals surface area contributed by atoms with Gasteiger partial charge in [0.25, 0.3) is 11.6 Å². The molecule has 0 saturated heterocycles. The predicted octanol–water partition coefficient (Wildman–Crippen LogP) is 4.14. The summed E-state index contributed by atoms with van der Waals surface area (Å²) in [7, 11) is -4.26. The molecule has 0 spiro atoms. The molecule has 0 saturated carbocycles. The molecule has 1 amide bonds. The Morgan fingerprint density at radius 3 is 2.53 bits per heavy atom. The van der Waals surface area contributed by atoms with Crippen LogP contribution < -0.4 is 9.50 Å². The third-order valence-corrected chi connectivity index (χ3v) is 6.42. The van der Waals surface area contributed by atoms with E-state index in [0.717, 1.165) is 24.5 Å². The van der Waals surface area contributed by atoms with E-state index in [1.54, 1.807) is 0 Å². The molecular weight excluding hydrogens is 458 g/mol. The van der Waals surface area contributed by atoms with Gasteiger partial charge in [-0.1, -0.05) is 24.3 Å². The van der Waals surface area contributed by atoms with Gasteiger partial charge in [0.1, 0.15) is 10.6 Å². The summed E-state index contributed by atoms with van der Waals surface area (Å²) < 4.78 is 32.0. The van der Waals surface area contributed by atoms with Crippen LogP contribution in [-0.2, 0) is 16.7 Å². The number of rotatable bonds is 9. The predicted molar refractivity (Wildman–Crippen MR) is 126 cm³/mol. The molecule has 1 heterocycles. The molecule has 174 valence electrons. The number of para-hydroxylation sites is 1. The standard InChI is InChI=1S/C24H21N3O6S/c28-24(25-14-4-15-26-16-13-18-5-1-2-8-23(18)26)19-9-11-21(12-10-19)33-34(31,32)22-7-3-6-20(17-22)27(29)30/h1-3,5-13,16-17H,4,14-15H2,(H,25,28). The molecule has 0 unspecified atom stereocenters. The fourth-order valence-electron chi connectivity index (χ4n) is 3.48. The molecule has 4 rings (SSSR count). The molecule has 0 aliphatic rings. The van der Waals surface area contributed by atoms with Gasteiger partial charge in [0.15, 0.2) is 0 Å². The van der Waals surface area contributed by atoms with Crippen LogP contribution in [0.5, 0.6) is 5.75 Å². The molecule has 34 heavy (non-hydrogen) atoms. The van der Waals surface area contributed by atoms with Crippen LogP contribution in [0.1, 0.15) is 16.8 Å². The Morgan fingerprint density at radius 2 is 1.76 bits per heavy atom. The van der Waals surface area contributed by atoms with Crippen LogP contribution in [0, 0.1) is 10.1 Å². The summed E-state index contributed by atoms with van der Waals surface area (Å²) in [6.07, 6.45) is 2.76. The van der Waals surface area contributed by atoms with Gasteiger partial charge in [0.2, 0.25) is 0 Å². The second-order valence-corrected chi connectivity index (χ2v) is 9.04. The molecule has 0 aliphatic heterocycles. The lowest BCUT2D eigenvalue weighted by atomic mass is 10.2. The van der Waals surface area contributed by atoms with Crippen molar-refractivity contribution in [1.82, 2.24) is 9.88 Å². The summed E-state index contributed by atoms with van der Waals surface area (Å²) in [4.78, 5) is 22.3. The number of hydrogen-bond donors (Lipinski definition) is 1. The van der Waals surface area contributed by atoms with Crippen molar-refractivity contribution in [1.29, 1.82) is 0 Å². The Morgan fingerprint density at radius 1 is 1.00 bits per heavy atom. The van der Waals surface area contributed by atoms with E-state index in [2.05, 4.69) is 28.1 Å². The van der Waals surface area contributed by atoms with Crippen molar-refractivity contribution in [3.05, 3.63) is 101 Å². The molecule has 0 bridgehead atoms. The zero-order valence-corrected chi connectivity index (χ0v) is 18.8. The van der Waals surface area contributed by atoms with Crippen LogP contribution >= 0.6 is 0 Å². The van der Waals surface area contributed by atoms with Gasteiger partial charge < -0.3 is 14.1 Å². The number of nitrogens with zero attached hydrogens (tertiary/aromatic N) is 2. The monoisotopic (exact) mass is 479 g/mol. The molecule has 0 fully saturated rings. The van der Waals surface area contributed by atoms with E-state index in [9.17, 15) is 23.3 Å². The van der Waals surface area contributed by atoms with Crippen LogP contribution in [0.25, 0.3) is 10.9 Å². The van der Waals surface area contributed by atoms with Crippen molar-refractivity contribution in [3.63, 3.8) is 0 Å². The van der Waals surface area contributed by atoms with E-state index < -0.39 is 15.0 Å². The largest absolute Gasteiger partial charge is 0.379 e. The number of carbonyl (C=O) groups is 1. The normalized spacial score (nSPS) is 11.3. The second-order valence-electron chi connectivity index (χ2n) is 7.49. The molecular formula is C24H21N3O6S. The number of amides is 1. The third kappa shape index (κ3) is 5.24. The summed E-state index contributed by atoms with van der Waals surface area (Å²) in [5.74, 6) is -0.298. The SMILES string of the molecule is O=C(NCCCn1ccc2ccccc21)c1ccc(OS(=O)(=O)c2cccc([N+](=O)[O-])c2)cc1. The first-order valence-corrected chi connectivity index (χ1v) is 11.9. The van der Waals surface area contributed by atoms with E-state index in [1.165, 1.54) is 47.9 Å². The Hall–Kier alpha value is -4.18. The quantitative estimate of drug-likeness (QED) is 0.167.